The molecule has 0 radical (unpaired) electrons. The van der Waals surface area contributed by atoms with Crippen molar-refractivity contribution in [3.63, 3.8) is 0 Å². The molecule has 2 saturated heterocycles. The third-order valence-corrected chi connectivity index (χ3v) is 6.15. The molecule has 0 unspecified atom stereocenters. The van der Waals surface area contributed by atoms with Crippen LogP contribution in [0.4, 0.5) is 0 Å². The van der Waals surface area contributed by atoms with Crippen molar-refractivity contribution in [2.45, 2.75) is 31.7 Å². The first-order chi connectivity index (χ1) is 9.87. The largest absolute Gasteiger partial charge is 0.480 e. The predicted molar refractivity (Wildman–Crippen MR) is 72.6 cm³/mol. The molecule has 0 amide bonds. The number of ether oxygens (including phenoxy) is 1. The Balaban J connectivity index is 2.05. The lowest BCUT2D eigenvalue weighted by Gasteiger charge is -2.33. The average Bonchev–Trinajstić information content (AvgIpc) is 2.97. The molecule has 8 nitrogen and oxygen atoms in total. The van der Waals surface area contributed by atoms with Crippen LogP contribution in [0.1, 0.15) is 25.7 Å². The molecule has 2 fully saturated rings. The summed E-state index contributed by atoms with van der Waals surface area (Å²) in [6.45, 7) is 0.659. The summed E-state index contributed by atoms with van der Waals surface area (Å²) in [6.07, 6.45) is 1.69. The predicted octanol–water partition coefficient (Wildman–Crippen LogP) is -0.335. The zero-order valence-corrected chi connectivity index (χ0v) is 12.7. The number of carbonyl (C=O) groups is 2. The maximum absolute atomic E-state index is 12.5. The first-order valence-corrected chi connectivity index (χ1v) is 8.35. The molecule has 0 saturated carbocycles. The Morgan fingerprint density at radius 1 is 1.14 bits per heavy atom. The molecule has 21 heavy (non-hydrogen) atoms. The summed E-state index contributed by atoms with van der Waals surface area (Å²) in [7, 11) is -2.47. The standard InChI is InChI=1S/C12H20N2O6S/c1-20-12(17)9-4-7-13(8-5-9)21(18,19)14-6-2-3-10(14)11(15)16/h9-10H,2-8H2,1H3,(H,15,16)/t10-/m0/s1. The maximum Gasteiger partial charge on any atom is 0.322 e. The lowest BCUT2D eigenvalue weighted by molar-refractivity contribution is -0.146. The highest BCUT2D eigenvalue weighted by atomic mass is 32.2. The number of carboxylic acids is 1. The van der Waals surface area contributed by atoms with Gasteiger partial charge >= 0.3 is 11.9 Å². The quantitative estimate of drug-likeness (QED) is 0.711. The smallest absolute Gasteiger partial charge is 0.322 e. The number of carbonyl (C=O) groups excluding carboxylic acids is 1. The van der Waals surface area contributed by atoms with E-state index in [1.54, 1.807) is 0 Å². The molecule has 2 rings (SSSR count). The van der Waals surface area contributed by atoms with Crippen LogP contribution in [-0.4, -0.2) is 66.9 Å². The minimum absolute atomic E-state index is 0.213. The van der Waals surface area contributed by atoms with Crippen LogP contribution < -0.4 is 0 Å². The highest BCUT2D eigenvalue weighted by Crippen LogP contribution is 2.27. The molecule has 0 aromatic heterocycles. The Morgan fingerprint density at radius 3 is 2.29 bits per heavy atom. The van der Waals surface area contributed by atoms with Crippen molar-refractivity contribution in [3.8, 4) is 0 Å². The van der Waals surface area contributed by atoms with Crippen LogP contribution in [0, 0.1) is 5.92 Å². The Hall–Kier alpha value is -1.19. The SMILES string of the molecule is COC(=O)C1CCN(S(=O)(=O)N2CCC[C@H]2C(=O)O)CC1. The summed E-state index contributed by atoms with van der Waals surface area (Å²) in [5.41, 5.74) is 0. The molecule has 0 aromatic rings. The third kappa shape index (κ3) is 3.19. The van der Waals surface area contributed by atoms with E-state index < -0.39 is 22.2 Å². The summed E-state index contributed by atoms with van der Waals surface area (Å²) < 4.78 is 32.0. The van der Waals surface area contributed by atoms with Gasteiger partial charge in [0.1, 0.15) is 6.04 Å². The van der Waals surface area contributed by atoms with E-state index in [1.807, 2.05) is 0 Å². The van der Waals surface area contributed by atoms with E-state index in [4.69, 9.17) is 5.11 Å². The van der Waals surface area contributed by atoms with Crippen molar-refractivity contribution < 1.29 is 27.9 Å². The summed E-state index contributed by atoms with van der Waals surface area (Å²) in [4.78, 5) is 22.6. The lowest BCUT2D eigenvalue weighted by Crippen LogP contribution is -2.51. The number of aliphatic carboxylic acids is 1. The van der Waals surface area contributed by atoms with Crippen molar-refractivity contribution in [3.05, 3.63) is 0 Å². The lowest BCUT2D eigenvalue weighted by atomic mass is 9.99. The highest BCUT2D eigenvalue weighted by molar-refractivity contribution is 7.86. The van der Waals surface area contributed by atoms with Crippen LogP contribution in [0.2, 0.25) is 0 Å². The minimum Gasteiger partial charge on any atom is -0.480 e. The molecule has 9 heteroatoms. The van der Waals surface area contributed by atoms with Crippen LogP contribution in [0.3, 0.4) is 0 Å². The second-order valence-corrected chi connectivity index (χ2v) is 7.19. The molecule has 120 valence electrons. The van der Waals surface area contributed by atoms with E-state index in [0.717, 1.165) is 4.31 Å². The summed E-state index contributed by atoms with van der Waals surface area (Å²) in [5.74, 6) is -1.72. The molecule has 1 atom stereocenters. The number of piperidine rings is 1. The van der Waals surface area contributed by atoms with Crippen molar-refractivity contribution in [1.82, 2.24) is 8.61 Å². The Bertz CT molecular complexity index is 512. The third-order valence-electron chi connectivity index (χ3n) is 4.10. The first-order valence-electron chi connectivity index (χ1n) is 6.95. The summed E-state index contributed by atoms with van der Waals surface area (Å²) in [5, 5.41) is 9.11. The number of hydrogen-bond donors (Lipinski definition) is 1. The molecule has 0 spiro atoms. The fourth-order valence-electron chi connectivity index (χ4n) is 2.90. The number of methoxy groups -OCH3 is 1. The fourth-order valence-corrected chi connectivity index (χ4v) is 4.75. The van der Waals surface area contributed by atoms with Crippen LogP contribution >= 0.6 is 0 Å². The van der Waals surface area contributed by atoms with E-state index in [-0.39, 0.29) is 31.5 Å². The van der Waals surface area contributed by atoms with Gasteiger partial charge in [-0.2, -0.15) is 17.0 Å². The van der Waals surface area contributed by atoms with Gasteiger partial charge < -0.3 is 9.84 Å². The molecule has 2 aliphatic heterocycles. The number of nitrogens with zero attached hydrogens (tertiary/aromatic N) is 2. The molecule has 0 aromatic carbocycles. The highest BCUT2D eigenvalue weighted by Gasteiger charge is 2.43. The van der Waals surface area contributed by atoms with Crippen molar-refractivity contribution in [1.29, 1.82) is 0 Å². The Morgan fingerprint density at radius 2 is 1.76 bits per heavy atom. The van der Waals surface area contributed by atoms with E-state index in [0.29, 0.717) is 25.7 Å². The maximum atomic E-state index is 12.5. The summed E-state index contributed by atoms with van der Waals surface area (Å²) in [6, 6.07) is -0.978. The van der Waals surface area contributed by atoms with E-state index in [9.17, 15) is 18.0 Å². The van der Waals surface area contributed by atoms with Gasteiger partial charge in [-0.05, 0) is 25.7 Å². The van der Waals surface area contributed by atoms with E-state index in [2.05, 4.69) is 4.74 Å². The van der Waals surface area contributed by atoms with Gasteiger partial charge in [-0.25, -0.2) is 0 Å². The van der Waals surface area contributed by atoms with Crippen LogP contribution in [0.15, 0.2) is 0 Å². The number of hydrogen-bond acceptors (Lipinski definition) is 5. The molecular formula is C12H20N2O6S. The van der Waals surface area contributed by atoms with Gasteiger partial charge in [0.15, 0.2) is 0 Å². The second-order valence-electron chi connectivity index (χ2n) is 5.31. The Labute approximate surface area is 123 Å². The van der Waals surface area contributed by atoms with Gasteiger partial charge in [0.25, 0.3) is 10.2 Å². The second kappa shape index (κ2) is 6.29. The average molecular weight is 320 g/mol. The zero-order valence-electron chi connectivity index (χ0n) is 11.9. The molecule has 2 heterocycles. The monoisotopic (exact) mass is 320 g/mol. The van der Waals surface area contributed by atoms with Gasteiger partial charge in [0, 0.05) is 19.6 Å². The number of esters is 1. The number of rotatable bonds is 4. The molecule has 2 aliphatic rings. The van der Waals surface area contributed by atoms with Crippen molar-refractivity contribution >= 4 is 22.1 Å². The number of carboxylic acid groups (broad SMARTS) is 1. The van der Waals surface area contributed by atoms with Gasteiger partial charge in [-0.3, -0.25) is 9.59 Å². The van der Waals surface area contributed by atoms with Gasteiger partial charge in [-0.1, -0.05) is 0 Å². The van der Waals surface area contributed by atoms with Gasteiger partial charge in [-0.15, -0.1) is 0 Å². The topological polar surface area (TPSA) is 104 Å². The fraction of sp³-hybridized carbons (Fsp3) is 0.833. The van der Waals surface area contributed by atoms with Crippen LogP contribution in [0.25, 0.3) is 0 Å². The Kier molecular flexibility index (Phi) is 4.84. The van der Waals surface area contributed by atoms with Gasteiger partial charge in [0.2, 0.25) is 0 Å². The molecule has 0 bridgehead atoms. The first kappa shape index (κ1) is 16.2. The van der Waals surface area contributed by atoms with Crippen LogP contribution in [0.5, 0.6) is 0 Å². The van der Waals surface area contributed by atoms with E-state index in [1.165, 1.54) is 11.4 Å². The van der Waals surface area contributed by atoms with Crippen LogP contribution in [-0.2, 0) is 24.5 Å². The molecule has 0 aliphatic carbocycles. The van der Waals surface area contributed by atoms with Gasteiger partial charge in [0.05, 0.1) is 13.0 Å². The molecular weight excluding hydrogens is 300 g/mol. The summed E-state index contributed by atoms with van der Waals surface area (Å²) >= 11 is 0. The zero-order chi connectivity index (χ0) is 15.6. The molecule has 1 N–H and O–H groups in total. The normalized spacial score (nSPS) is 25.9. The minimum atomic E-state index is -3.78. The van der Waals surface area contributed by atoms with E-state index >= 15 is 0 Å². The van der Waals surface area contributed by atoms with Crippen molar-refractivity contribution in [2.24, 2.45) is 5.92 Å². The van der Waals surface area contributed by atoms with Crippen molar-refractivity contribution in [2.75, 3.05) is 26.7 Å².